The van der Waals surface area contributed by atoms with E-state index in [1.165, 1.54) is 18.2 Å². The third-order valence-electron chi connectivity index (χ3n) is 3.15. The van der Waals surface area contributed by atoms with E-state index in [-0.39, 0.29) is 23.5 Å². The highest BCUT2D eigenvalue weighted by Gasteiger charge is 2.18. The summed E-state index contributed by atoms with van der Waals surface area (Å²) in [4.78, 5) is 12.0. The molecule has 124 valence electrons. The van der Waals surface area contributed by atoms with Crippen molar-refractivity contribution in [1.29, 1.82) is 0 Å². The maximum absolute atomic E-state index is 13.3. The number of quaternary nitrogens is 1. The number of carbonyl (C=O) groups is 1. The molecule has 0 amide bonds. The maximum atomic E-state index is 13.3. The van der Waals surface area contributed by atoms with Gasteiger partial charge in [-0.3, -0.25) is 4.79 Å². The van der Waals surface area contributed by atoms with E-state index in [4.69, 9.17) is 4.74 Å². The van der Waals surface area contributed by atoms with Gasteiger partial charge in [-0.25, -0.2) is 4.39 Å². The summed E-state index contributed by atoms with van der Waals surface area (Å²) in [7, 11) is 0. The molecule has 1 rings (SSSR count). The van der Waals surface area contributed by atoms with Gasteiger partial charge in [0.1, 0.15) is 30.8 Å². The minimum Gasteiger partial charge on any atom is -0.490 e. The van der Waals surface area contributed by atoms with Gasteiger partial charge in [-0.1, -0.05) is 6.92 Å². The normalized spacial score (nSPS) is 13.0. The second-order valence-corrected chi connectivity index (χ2v) is 6.58. The van der Waals surface area contributed by atoms with E-state index in [9.17, 15) is 14.3 Å². The van der Waals surface area contributed by atoms with Crippen LogP contribution in [0.3, 0.4) is 0 Å². The zero-order valence-electron chi connectivity index (χ0n) is 13.9. The Morgan fingerprint density at radius 3 is 2.68 bits per heavy atom. The van der Waals surface area contributed by atoms with Crippen LogP contribution in [0.1, 0.15) is 50.9 Å². The first-order valence-corrected chi connectivity index (χ1v) is 7.71. The summed E-state index contributed by atoms with van der Waals surface area (Å²) in [6.07, 6.45) is 0.386. The number of aliphatic hydroxyl groups excluding tert-OH is 1. The fourth-order valence-corrected chi connectivity index (χ4v) is 1.95. The zero-order chi connectivity index (χ0) is 16.8. The number of carbonyl (C=O) groups excluding carboxylic acids is 1. The monoisotopic (exact) mass is 312 g/mol. The number of benzene rings is 1. The molecule has 0 fully saturated rings. The standard InChI is InChI=1S/C17H26FNO3/c1-5-6-15(21)14-9-12(18)7-8-16(14)22-11-13(20)10-19-17(2,3)4/h7-9,13,19-20H,5-6,10-11H2,1-4H3/p+1/t13-/m1/s1. The number of ether oxygens (including phenoxy) is 1. The van der Waals surface area contributed by atoms with E-state index < -0.39 is 11.9 Å². The van der Waals surface area contributed by atoms with Crippen molar-refractivity contribution in [1.82, 2.24) is 0 Å². The quantitative estimate of drug-likeness (QED) is 0.721. The summed E-state index contributed by atoms with van der Waals surface area (Å²) in [5, 5.41) is 12.0. The smallest absolute Gasteiger partial charge is 0.166 e. The van der Waals surface area contributed by atoms with Crippen molar-refractivity contribution < 1.29 is 24.3 Å². The average molecular weight is 312 g/mol. The highest BCUT2D eigenvalue weighted by molar-refractivity contribution is 5.98. The van der Waals surface area contributed by atoms with Crippen molar-refractivity contribution in [3.63, 3.8) is 0 Å². The van der Waals surface area contributed by atoms with Gasteiger partial charge in [-0.2, -0.15) is 0 Å². The fourth-order valence-electron chi connectivity index (χ4n) is 1.95. The van der Waals surface area contributed by atoms with Crippen molar-refractivity contribution in [2.24, 2.45) is 0 Å². The van der Waals surface area contributed by atoms with E-state index >= 15 is 0 Å². The number of ketones is 1. The molecule has 4 nitrogen and oxygen atoms in total. The molecule has 0 saturated carbocycles. The van der Waals surface area contributed by atoms with Gasteiger partial charge in [0.25, 0.3) is 0 Å². The minimum atomic E-state index is -0.654. The number of halogens is 1. The van der Waals surface area contributed by atoms with Crippen molar-refractivity contribution in [2.45, 2.75) is 52.2 Å². The molecule has 0 aliphatic rings. The van der Waals surface area contributed by atoms with Crippen LogP contribution in [0, 0.1) is 5.82 Å². The number of aliphatic hydroxyl groups is 1. The molecule has 0 aromatic heterocycles. The molecule has 1 atom stereocenters. The molecule has 0 spiro atoms. The molecule has 0 radical (unpaired) electrons. The first-order valence-electron chi connectivity index (χ1n) is 7.71. The van der Waals surface area contributed by atoms with Crippen LogP contribution in [0.25, 0.3) is 0 Å². The molecule has 0 heterocycles. The largest absolute Gasteiger partial charge is 0.490 e. The summed E-state index contributed by atoms with van der Waals surface area (Å²) < 4.78 is 18.9. The molecule has 1 aromatic rings. The predicted molar refractivity (Wildman–Crippen MR) is 83.7 cm³/mol. The summed E-state index contributed by atoms with van der Waals surface area (Å²) >= 11 is 0. The Labute approximate surface area is 131 Å². The van der Waals surface area contributed by atoms with Crippen LogP contribution in [0.5, 0.6) is 5.75 Å². The summed E-state index contributed by atoms with van der Waals surface area (Å²) in [5.41, 5.74) is 0.271. The van der Waals surface area contributed by atoms with Gasteiger partial charge >= 0.3 is 0 Å². The fraction of sp³-hybridized carbons (Fsp3) is 0.588. The minimum absolute atomic E-state index is 0.0269. The zero-order valence-corrected chi connectivity index (χ0v) is 13.9. The number of Topliss-reactive ketones (excluding diaryl/α,β-unsaturated/α-hetero) is 1. The summed E-state index contributed by atoms with van der Waals surface area (Å²) in [6, 6.07) is 3.89. The second kappa shape index (κ2) is 8.25. The van der Waals surface area contributed by atoms with E-state index in [2.05, 4.69) is 20.8 Å². The van der Waals surface area contributed by atoms with Crippen LogP contribution >= 0.6 is 0 Å². The lowest BCUT2D eigenvalue weighted by Crippen LogP contribution is -2.96. The highest BCUT2D eigenvalue weighted by atomic mass is 19.1. The molecule has 3 N–H and O–H groups in total. The number of hydrogen-bond acceptors (Lipinski definition) is 3. The Bertz CT molecular complexity index is 497. The van der Waals surface area contributed by atoms with Crippen molar-refractivity contribution in [3.8, 4) is 5.75 Å². The Morgan fingerprint density at radius 2 is 2.09 bits per heavy atom. The van der Waals surface area contributed by atoms with Gasteiger partial charge in [-0.05, 0) is 45.4 Å². The average Bonchev–Trinajstić information content (AvgIpc) is 2.43. The number of nitrogens with two attached hydrogens (primary N) is 1. The van der Waals surface area contributed by atoms with Crippen molar-refractivity contribution >= 4 is 5.78 Å². The molecule has 0 aliphatic heterocycles. The maximum Gasteiger partial charge on any atom is 0.166 e. The lowest BCUT2D eigenvalue weighted by Gasteiger charge is -2.20. The van der Waals surface area contributed by atoms with Crippen molar-refractivity contribution in [3.05, 3.63) is 29.6 Å². The molecule has 0 unspecified atom stereocenters. The molecule has 5 heteroatoms. The Morgan fingerprint density at radius 1 is 1.41 bits per heavy atom. The van der Waals surface area contributed by atoms with Gasteiger partial charge in [0.15, 0.2) is 5.78 Å². The summed E-state index contributed by atoms with van der Waals surface area (Å²) in [5.74, 6) is -0.282. The van der Waals surface area contributed by atoms with Crippen molar-refractivity contribution in [2.75, 3.05) is 13.2 Å². The lowest BCUT2D eigenvalue weighted by atomic mass is 10.1. The molecular weight excluding hydrogens is 285 g/mol. The van der Waals surface area contributed by atoms with Crippen LogP contribution in [0.4, 0.5) is 4.39 Å². The van der Waals surface area contributed by atoms with Crippen LogP contribution in [0.15, 0.2) is 18.2 Å². The van der Waals surface area contributed by atoms with Gasteiger partial charge in [0, 0.05) is 6.42 Å². The van der Waals surface area contributed by atoms with Crippen LogP contribution in [0.2, 0.25) is 0 Å². The van der Waals surface area contributed by atoms with Crippen LogP contribution in [-0.2, 0) is 0 Å². The van der Waals surface area contributed by atoms with Crippen LogP contribution < -0.4 is 10.1 Å². The first-order chi connectivity index (χ1) is 10.2. The van der Waals surface area contributed by atoms with Gasteiger partial charge in [0.2, 0.25) is 0 Å². The topological polar surface area (TPSA) is 63.1 Å². The molecule has 22 heavy (non-hydrogen) atoms. The highest BCUT2D eigenvalue weighted by Crippen LogP contribution is 2.22. The molecule has 0 saturated heterocycles. The molecule has 1 aromatic carbocycles. The Hall–Kier alpha value is -1.46. The van der Waals surface area contributed by atoms with E-state index in [0.717, 1.165) is 0 Å². The molecule has 0 aliphatic carbocycles. The van der Waals surface area contributed by atoms with Crippen LogP contribution in [-0.4, -0.2) is 35.7 Å². The SMILES string of the molecule is CCCC(=O)c1cc(F)ccc1OC[C@H](O)C[NH2+]C(C)(C)C. The Balaban J connectivity index is 2.67. The summed E-state index contributed by atoms with van der Waals surface area (Å²) in [6.45, 7) is 8.64. The predicted octanol–water partition coefficient (Wildman–Crippen LogP) is 1.91. The van der Waals surface area contributed by atoms with E-state index in [0.29, 0.717) is 25.1 Å². The number of rotatable bonds is 8. The third-order valence-corrected chi connectivity index (χ3v) is 3.15. The van der Waals surface area contributed by atoms with E-state index in [1.54, 1.807) is 0 Å². The molecular formula is C17H27FNO3+. The van der Waals surface area contributed by atoms with Gasteiger partial charge < -0.3 is 15.2 Å². The van der Waals surface area contributed by atoms with Gasteiger partial charge in [0.05, 0.1) is 11.1 Å². The second-order valence-electron chi connectivity index (χ2n) is 6.58. The lowest BCUT2D eigenvalue weighted by molar-refractivity contribution is -0.722. The third kappa shape index (κ3) is 6.54. The van der Waals surface area contributed by atoms with E-state index in [1.807, 2.05) is 12.2 Å². The molecule has 0 bridgehead atoms. The number of hydrogen-bond donors (Lipinski definition) is 2. The first kappa shape index (κ1) is 18.6. The van der Waals surface area contributed by atoms with Gasteiger partial charge in [-0.15, -0.1) is 0 Å². The Kier molecular flexibility index (Phi) is 6.97.